The van der Waals surface area contributed by atoms with Gasteiger partial charge >= 0.3 is 0 Å². The predicted molar refractivity (Wildman–Crippen MR) is 62.3 cm³/mol. The Labute approximate surface area is 88.6 Å². The van der Waals surface area contributed by atoms with Crippen LogP contribution in [-0.2, 0) is 0 Å². The van der Waals surface area contributed by atoms with Crippen molar-refractivity contribution in [3.63, 3.8) is 0 Å². The quantitative estimate of drug-likeness (QED) is 0.643. The smallest absolute Gasteiger partial charge is 0.0136 e. The fraction of sp³-hybridized carbons (Fsp3) is 1.00. The fourth-order valence-electron chi connectivity index (χ4n) is 2.32. The Balaban J connectivity index is 1.87. The Hall–Kier alpha value is -0.0800. The predicted octanol–water partition coefficient (Wildman–Crippen LogP) is 2.28. The maximum atomic E-state index is 5.65. The molecule has 1 aliphatic rings. The van der Waals surface area contributed by atoms with Crippen LogP contribution >= 0.6 is 0 Å². The highest BCUT2D eigenvalue weighted by atomic mass is 14.9. The zero-order chi connectivity index (χ0) is 10.2. The van der Waals surface area contributed by atoms with Crippen LogP contribution in [0.4, 0.5) is 0 Å². The molecular weight excluding hydrogens is 172 g/mol. The van der Waals surface area contributed by atoms with Crippen molar-refractivity contribution in [1.82, 2.24) is 5.32 Å². The molecule has 2 heteroatoms. The molecule has 0 aliphatic heterocycles. The van der Waals surface area contributed by atoms with Gasteiger partial charge in [0.15, 0.2) is 0 Å². The van der Waals surface area contributed by atoms with E-state index in [-0.39, 0.29) is 0 Å². The molecule has 1 unspecified atom stereocenters. The summed E-state index contributed by atoms with van der Waals surface area (Å²) in [5.41, 5.74) is 5.65. The van der Waals surface area contributed by atoms with Crippen molar-refractivity contribution in [1.29, 1.82) is 0 Å². The topological polar surface area (TPSA) is 38.0 Å². The van der Waals surface area contributed by atoms with E-state index in [0.717, 1.165) is 19.0 Å². The number of nitrogens with two attached hydrogens (primary N) is 1. The first-order valence-corrected chi connectivity index (χ1v) is 6.25. The van der Waals surface area contributed by atoms with E-state index < -0.39 is 0 Å². The minimum absolute atomic E-state index is 0.296. The number of nitrogens with one attached hydrogen (secondary N) is 1. The van der Waals surface area contributed by atoms with Crippen LogP contribution in [0.1, 0.15) is 51.9 Å². The first kappa shape index (κ1) is 12.0. The SMILES string of the molecule is CC(N)CNCCCC1CCCCC1. The van der Waals surface area contributed by atoms with E-state index in [1.165, 1.54) is 44.9 Å². The molecule has 1 rings (SSSR count). The molecule has 0 saturated heterocycles. The molecule has 14 heavy (non-hydrogen) atoms. The van der Waals surface area contributed by atoms with Crippen LogP contribution < -0.4 is 11.1 Å². The lowest BCUT2D eigenvalue weighted by Crippen LogP contribution is -2.31. The normalized spacial score (nSPS) is 21.0. The Morgan fingerprint density at radius 1 is 1.29 bits per heavy atom. The van der Waals surface area contributed by atoms with Crippen molar-refractivity contribution in [3.8, 4) is 0 Å². The Morgan fingerprint density at radius 3 is 2.64 bits per heavy atom. The van der Waals surface area contributed by atoms with E-state index in [1.54, 1.807) is 0 Å². The first-order chi connectivity index (χ1) is 6.79. The number of hydrogen-bond donors (Lipinski definition) is 2. The molecule has 0 bridgehead atoms. The van der Waals surface area contributed by atoms with E-state index in [0.29, 0.717) is 6.04 Å². The third-order valence-electron chi connectivity index (χ3n) is 3.16. The highest BCUT2D eigenvalue weighted by molar-refractivity contribution is 4.66. The highest BCUT2D eigenvalue weighted by Gasteiger charge is 2.12. The molecule has 0 aromatic rings. The van der Waals surface area contributed by atoms with Gasteiger partial charge in [0.05, 0.1) is 0 Å². The summed E-state index contributed by atoms with van der Waals surface area (Å²) in [5, 5.41) is 3.40. The molecule has 2 nitrogen and oxygen atoms in total. The van der Waals surface area contributed by atoms with Crippen molar-refractivity contribution in [2.45, 2.75) is 57.9 Å². The highest BCUT2D eigenvalue weighted by Crippen LogP contribution is 2.26. The summed E-state index contributed by atoms with van der Waals surface area (Å²) in [6.45, 7) is 4.16. The summed E-state index contributed by atoms with van der Waals surface area (Å²) < 4.78 is 0. The molecule has 0 aromatic heterocycles. The van der Waals surface area contributed by atoms with Gasteiger partial charge in [-0.2, -0.15) is 0 Å². The van der Waals surface area contributed by atoms with Crippen LogP contribution in [0.25, 0.3) is 0 Å². The van der Waals surface area contributed by atoms with E-state index in [1.807, 2.05) is 6.92 Å². The summed E-state index contributed by atoms with van der Waals surface area (Å²) >= 11 is 0. The van der Waals surface area contributed by atoms with Gasteiger partial charge in [-0.3, -0.25) is 0 Å². The zero-order valence-corrected chi connectivity index (χ0v) is 9.60. The van der Waals surface area contributed by atoms with Gasteiger partial charge in [0.1, 0.15) is 0 Å². The van der Waals surface area contributed by atoms with E-state index in [4.69, 9.17) is 5.73 Å². The lowest BCUT2D eigenvalue weighted by atomic mass is 9.86. The third kappa shape index (κ3) is 5.61. The van der Waals surface area contributed by atoms with Gasteiger partial charge in [-0.15, -0.1) is 0 Å². The number of rotatable bonds is 6. The van der Waals surface area contributed by atoms with E-state index >= 15 is 0 Å². The van der Waals surface area contributed by atoms with E-state index in [9.17, 15) is 0 Å². The maximum absolute atomic E-state index is 5.65. The van der Waals surface area contributed by atoms with Gasteiger partial charge in [0.2, 0.25) is 0 Å². The van der Waals surface area contributed by atoms with Crippen LogP contribution in [0.15, 0.2) is 0 Å². The van der Waals surface area contributed by atoms with Crippen molar-refractivity contribution >= 4 is 0 Å². The molecule has 0 aromatic carbocycles. The van der Waals surface area contributed by atoms with Gasteiger partial charge in [-0.25, -0.2) is 0 Å². The van der Waals surface area contributed by atoms with Gasteiger partial charge in [-0.1, -0.05) is 32.1 Å². The lowest BCUT2D eigenvalue weighted by molar-refractivity contribution is 0.330. The van der Waals surface area contributed by atoms with Crippen LogP contribution in [0, 0.1) is 5.92 Å². The minimum atomic E-state index is 0.296. The fourth-order valence-corrected chi connectivity index (χ4v) is 2.32. The van der Waals surface area contributed by atoms with Crippen molar-refractivity contribution in [2.75, 3.05) is 13.1 Å². The second-order valence-electron chi connectivity index (χ2n) is 4.83. The number of hydrogen-bond acceptors (Lipinski definition) is 2. The maximum Gasteiger partial charge on any atom is 0.0136 e. The molecule has 0 amide bonds. The largest absolute Gasteiger partial charge is 0.327 e. The summed E-state index contributed by atoms with van der Waals surface area (Å²) in [6, 6.07) is 0.296. The molecule has 1 fully saturated rings. The third-order valence-corrected chi connectivity index (χ3v) is 3.16. The van der Waals surface area contributed by atoms with Gasteiger partial charge in [0, 0.05) is 12.6 Å². The zero-order valence-electron chi connectivity index (χ0n) is 9.60. The molecular formula is C12H26N2. The molecule has 1 aliphatic carbocycles. The van der Waals surface area contributed by atoms with Gasteiger partial charge in [0.25, 0.3) is 0 Å². The molecule has 0 heterocycles. The molecule has 84 valence electrons. The Kier molecular flexibility index (Phi) is 6.20. The molecule has 0 spiro atoms. The second-order valence-corrected chi connectivity index (χ2v) is 4.83. The van der Waals surface area contributed by atoms with Crippen molar-refractivity contribution in [2.24, 2.45) is 11.7 Å². The average molecular weight is 198 g/mol. The van der Waals surface area contributed by atoms with Crippen LogP contribution in [-0.4, -0.2) is 19.1 Å². The Morgan fingerprint density at radius 2 is 2.00 bits per heavy atom. The van der Waals surface area contributed by atoms with Gasteiger partial charge in [-0.05, 0) is 32.2 Å². The standard InChI is InChI=1S/C12H26N2/c1-11(13)10-14-9-5-8-12-6-3-2-4-7-12/h11-12,14H,2-10,13H2,1H3. The van der Waals surface area contributed by atoms with Crippen molar-refractivity contribution < 1.29 is 0 Å². The molecule has 1 saturated carbocycles. The second kappa shape index (κ2) is 7.24. The van der Waals surface area contributed by atoms with Crippen LogP contribution in [0.5, 0.6) is 0 Å². The van der Waals surface area contributed by atoms with E-state index in [2.05, 4.69) is 5.32 Å². The Bertz CT molecular complexity index is 128. The first-order valence-electron chi connectivity index (χ1n) is 6.25. The molecule has 1 atom stereocenters. The van der Waals surface area contributed by atoms with Crippen LogP contribution in [0.2, 0.25) is 0 Å². The van der Waals surface area contributed by atoms with Gasteiger partial charge < -0.3 is 11.1 Å². The summed E-state index contributed by atoms with van der Waals surface area (Å²) in [6.07, 6.45) is 10.1. The van der Waals surface area contributed by atoms with Crippen LogP contribution in [0.3, 0.4) is 0 Å². The monoisotopic (exact) mass is 198 g/mol. The minimum Gasteiger partial charge on any atom is -0.327 e. The summed E-state index contributed by atoms with van der Waals surface area (Å²) in [5.74, 6) is 1.03. The molecule has 0 radical (unpaired) electrons. The lowest BCUT2D eigenvalue weighted by Gasteiger charge is -2.21. The average Bonchev–Trinajstić information content (AvgIpc) is 2.18. The van der Waals surface area contributed by atoms with Crippen molar-refractivity contribution in [3.05, 3.63) is 0 Å². The summed E-state index contributed by atoms with van der Waals surface area (Å²) in [7, 11) is 0. The summed E-state index contributed by atoms with van der Waals surface area (Å²) in [4.78, 5) is 0. The molecule has 3 N–H and O–H groups in total.